The van der Waals surface area contributed by atoms with Crippen molar-refractivity contribution in [3.63, 3.8) is 0 Å². The second-order valence-corrected chi connectivity index (χ2v) is 7.52. The maximum Gasteiger partial charge on any atom is 0.250 e. The van der Waals surface area contributed by atoms with Crippen molar-refractivity contribution in [2.45, 2.75) is 13.8 Å². The maximum atomic E-state index is 12.7. The van der Waals surface area contributed by atoms with Crippen LogP contribution < -0.4 is 15.8 Å². The lowest BCUT2D eigenvalue weighted by Gasteiger charge is -2.12. The number of furan rings is 1. The zero-order valence-electron chi connectivity index (χ0n) is 18.4. The van der Waals surface area contributed by atoms with Crippen molar-refractivity contribution < 1.29 is 18.7 Å². The largest absolute Gasteiger partial charge is 0.493 e. The number of anilines is 1. The van der Waals surface area contributed by atoms with Gasteiger partial charge in [0.15, 0.2) is 0 Å². The summed E-state index contributed by atoms with van der Waals surface area (Å²) in [6.07, 6.45) is 3.20. The Bertz CT molecular complexity index is 1350. The van der Waals surface area contributed by atoms with Gasteiger partial charge in [-0.1, -0.05) is 42.5 Å². The third-order valence-electron chi connectivity index (χ3n) is 5.28. The molecule has 3 aromatic carbocycles. The van der Waals surface area contributed by atoms with Gasteiger partial charge in [0.25, 0.3) is 5.91 Å². The van der Waals surface area contributed by atoms with Crippen LogP contribution in [0.25, 0.3) is 27.7 Å². The predicted octanol–water partition coefficient (Wildman–Crippen LogP) is 5.64. The van der Waals surface area contributed by atoms with Gasteiger partial charge in [0.05, 0.1) is 24.1 Å². The highest BCUT2D eigenvalue weighted by atomic mass is 16.5. The number of hydrogen-bond donors (Lipinski definition) is 2. The van der Waals surface area contributed by atoms with Crippen LogP contribution in [-0.4, -0.2) is 18.4 Å². The molecule has 0 radical (unpaired) electrons. The molecule has 6 heteroatoms. The predicted molar refractivity (Wildman–Crippen MR) is 130 cm³/mol. The van der Waals surface area contributed by atoms with Crippen LogP contribution >= 0.6 is 0 Å². The Balaban J connectivity index is 1.72. The van der Waals surface area contributed by atoms with E-state index in [-0.39, 0.29) is 11.5 Å². The van der Waals surface area contributed by atoms with Gasteiger partial charge in [0.1, 0.15) is 11.3 Å². The van der Waals surface area contributed by atoms with E-state index in [4.69, 9.17) is 14.9 Å². The fourth-order valence-corrected chi connectivity index (χ4v) is 3.73. The molecule has 4 rings (SSSR count). The molecular weight excluding hydrogens is 416 g/mol. The van der Waals surface area contributed by atoms with Crippen LogP contribution in [0.2, 0.25) is 0 Å². The number of carbonyl (C=O) groups is 2. The van der Waals surface area contributed by atoms with Crippen LogP contribution in [-0.2, 0) is 4.79 Å². The molecule has 33 heavy (non-hydrogen) atoms. The third-order valence-corrected chi connectivity index (χ3v) is 5.28. The highest BCUT2D eigenvalue weighted by Gasteiger charge is 2.16. The molecule has 0 bridgehead atoms. The number of nitrogens with one attached hydrogen (secondary N) is 1. The van der Waals surface area contributed by atoms with Gasteiger partial charge in [0, 0.05) is 28.7 Å². The zero-order chi connectivity index (χ0) is 23.4. The van der Waals surface area contributed by atoms with Crippen LogP contribution in [0.15, 0.2) is 83.5 Å². The molecular formula is C27H24N2O4. The first-order valence-corrected chi connectivity index (χ1v) is 10.6. The van der Waals surface area contributed by atoms with E-state index in [1.54, 1.807) is 30.5 Å². The Kier molecular flexibility index (Phi) is 6.26. The van der Waals surface area contributed by atoms with E-state index in [1.165, 1.54) is 6.08 Å². The molecule has 166 valence electrons. The van der Waals surface area contributed by atoms with Crippen molar-refractivity contribution in [3.05, 3.63) is 90.2 Å². The zero-order valence-corrected chi connectivity index (χ0v) is 18.4. The molecule has 3 N–H and O–H groups in total. The molecule has 2 amide bonds. The lowest BCUT2D eigenvalue weighted by molar-refractivity contribution is -0.111. The number of primary amides is 1. The van der Waals surface area contributed by atoms with Crippen molar-refractivity contribution in [2.75, 3.05) is 11.9 Å². The van der Waals surface area contributed by atoms with Gasteiger partial charge < -0.3 is 20.2 Å². The Morgan fingerprint density at radius 3 is 2.48 bits per heavy atom. The van der Waals surface area contributed by atoms with Crippen LogP contribution in [0, 0.1) is 0 Å². The number of fused-ring (bicyclic) bond motifs is 1. The van der Waals surface area contributed by atoms with Crippen molar-refractivity contribution in [3.8, 4) is 16.9 Å². The number of rotatable bonds is 7. The van der Waals surface area contributed by atoms with Crippen LogP contribution in [0.5, 0.6) is 5.75 Å². The average molecular weight is 440 g/mol. The normalized spacial score (nSPS) is 11.4. The lowest BCUT2D eigenvalue weighted by atomic mass is 9.99. The van der Waals surface area contributed by atoms with E-state index in [0.29, 0.717) is 29.2 Å². The number of amides is 2. The molecule has 0 fully saturated rings. The van der Waals surface area contributed by atoms with Crippen molar-refractivity contribution in [1.29, 1.82) is 0 Å². The smallest absolute Gasteiger partial charge is 0.250 e. The molecule has 1 aromatic heterocycles. The fraction of sp³-hybridized carbons (Fsp3) is 0.111. The van der Waals surface area contributed by atoms with Crippen LogP contribution in [0.4, 0.5) is 5.69 Å². The van der Waals surface area contributed by atoms with Gasteiger partial charge in [0.2, 0.25) is 5.91 Å². The minimum absolute atomic E-state index is 0.249. The van der Waals surface area contributed by atoms with Crippen LogP contribution in [0.3, 0.4) is 0 Å². The molecule has 0 saturated carbocycles. The van der Waals surface area contributed by atoms with E-state index < -0.39 is 5.91 Å². The summed E-state index contributed by atoms with van der Waals surface area (Å²) < 4.78 is 11.6. The van der Waals surface area contributed by atoms with Crippen molar-refractivity contribution in [1.82, 2.24) is 0 Å². The summed E-state index contributed by atoms with van der Waals surface area (Å²) in [5.74, 6) is -0.360. The second kappa shape index (κ2) is 9.44. The molecule has 0 aliphatic carbocycles. The fourth-order valence-electron chi connectivity index (χ4n) is 3.73. The summed E-state index contributed by atoms with van der Waals surface area (Å²) in [7, 11) is 0. The first-order valence-electron chi connectivity index (χ1n) is 10.6. The Morgan fingerprint density at radius 1 is 1.03 bits per heavy atom. The number of para-hydroxylation sites is 1. The highest BCUT2D eigenvalue weighted by Crippen LogP contribution is 2.37. The van der Waals surface area contributed by atoms with E-state index in [2.05, 4.69) is 5.32 Å². The summed E-state index contributed by atoms with van der Waals surface area (Å²) in [5, 5.41) is 3.66. The molecule has 0 aliphatic heterocycles. The summed E-state index contributed by atoms with van der Waals surface area (Å²) in [5.41, 5.74) is 10.2. The molecule has 0 spiro atoms. The Morgan fingerprint density at radius 2 is 1.76 bits per heavy atom. The third kappa shape index (κ3) is 4.65. The Hall–Kier alpha value is -4.32. The highest BCUT2D eigenvalue weighted by molar-refractivity contribution is 6.09. The van der Waals surface area contributed by atoms with Gasteiger partial charge >= 0.3 is 0 Å². The minimum Gasteiger partial charge on any atom is -0.493 e. The van der Waals surface area contributed by atoms with Crippen molar-refractivity contribution >= 4 is 34.0 Å². The van der Waals surface area contributed by atoms with E-state index in [0.717, 1.165) is 22.1 Å². The minimum atomic E-state index is -0.607. The topological polar surface area (TPSA) is 94.6 Å². The average Bonchev–Trinajstić information content (AvgIpc) is 3.22. The summed E-state index contributed by atoms with van der Waals surface area (Å²) in [4.78, 5) is 24.4. The molecule has 0 unspecified atom stereocenters. The number of nitrogens with two attached hydrogens (primary N) is 1. The van der Waals surface area contributed by atoms with Gasteiger partial charge in [-0.25, -0.2) is 0 Å². The number of hydrogen-bond acceptors (Lipinski definition) is 4. The molecule has 0 saturated heterocycles. The summed E-state index contributed by atoms with van der Waals surface area (Å²) in [6, 6.07) is 20.4. The molecule has 0 aliphatic rings. The molecule has 6 nitrogen and oxygen atoms in total. The van der Waals surface area contributed by atoms with Gasteiger partial charge in [-0.05, 0) is 43.2 Å². The number of benzene rings is 3. The summed E-state index contributed by atoms with van der Waals surface area (Å²) in [6.45, 7) is 4.21. The number of allylic oxidation sites excluding steroid dienone is 1. The SMILES string of the molecule is CCOc1cc2occ(-c3ccccc3)c2cc1/C(C)=C/C(=O)Nc1ccccc1C(N)=O. The lowest BCUT2D eigenvalue weighted by Crippen LogP contribution is -2.17. The molecule has 4 aromatic rings. The number of ether oxygens (including phenoxy) is 1. The molecule has 0 atom stereocenters. The van der Waals surface area contributed by atoms with Gasteiger partial charge in [-0.3, -0.25) is 9.59 Å². The number of carbonyl (C=O) groups excluding carboxylic acids is 2. The molecule has 1 heterocycles. The van der Waals surface area contributed by atoms with E-state index >= 15 is 0 Å². The van der Waals surface area contributed by atoms with E-state index in [1.807, 2.05) is 56.3 Å². The van der Waals surface area contributed by atoms with Gasteiger partial charge in [-0.2, -0.15) is 0 Å². The first-order chi connectivity index (χ1) is 16.0. The van der Waals surface area contributed by atoms with Crippen molar-refractivity contribution in [2.24, 2.45) is 5.73 Å². The quantitative estimate of drug-likeness (QED) is 0.364. The second-order valence-electron chi connectivity index (χ2n) is 7.52. The Labute approximate surface area is 191 Å². The van der Waals surface area contributed by atoms with Gasteiger partial charge in [-0.15, -0.1) is 0 Å². The maximum absolute atomic E-state index is 12.7. The van der Waals surface area contributed by atoms with E-state index in [9.17, 15) is 9.59 Å². The summed E-state index contributed by atoms with van der Waals surface area (Å²) >= 11 is 0. The van der Waals surface area contributed by atoms with Crippen LogP contribution in [0.1, 0.15) is 29.8 Å². The monoisotopic (exact) mass is 440 g/mol. The standard InChI is InChI=1S/C27H24N2O4/c1-3-32-24-15-25-21(22(16-33-25)18-9-5-4-6-10-18)14-20(24)17(2)13-26(30)29-23-12-8-7-11-19(23)27(28)31/h4-16H,3H2,1-2H3,(H2,28,31)(H,29,30)/b17-13+. The first kappa shape index (κ1) is 21.9.